The first-order valence-electron chi connectivity index (χ1n) is 5.06. The van der Waals surface area contributed by atoms with Crippen LogP contribution in [-0.4, -0.2) is 15.8 Å². The lowest BCUT2D eigenvalue weighted by atomic mass is 10.2. The predicted molar refractivity (Wildman–Crippen MR) is 74.6 cm³/mol. The third-order valence-corrected chi connectivity index (χ3v) is 2.99. The lowest BCUT2D eigenvalue weighted by Crippen LogP contribution is -2.13. The highest BCUT2D eigenvalue weighted by molar-refractivity contribution is 9.10. The number of hydrogen-bond donors (Lipinski definition) is 2. The fourth-order valence-electron chi connectivity index (χ4n) is 1.45. The SMILES string of the molecule is O=C(Nc1ccc(Cl)cc1[N+](=O)[O-])c1cc(Br)c[nH]1. The van der Waals surface area contributed by atoms with Crippen molar-refractivity contribution in [2.75, 3.05) is 5.32 Å². The molecule has 0 bridgehead atoms. The Morgan fingerprint density at radius 3 is 2.74 bits per heavy atom. The van der Waals surface area contributed by atoms with Crippen LogP contribution in [0.5, 0.6) is 0 Å². The number of nitrogens with zero attached hydrogens (tertiary/aromatic N) is 1. The number of nitrogens with one attached hydrogen (secondary N) is 2. The maximum Gasteiger partial charge on any atom is 0.294 e. The van der Waals surface area contributed by atoms with Gasteiger partial charge in [-0.2, -0.15) is 0 Å². The van der Waals surface area contributed by atoms with Gasteiger partial charge in [0.15, 0.2) is 0 Å². The van der Waals surface area contributed by atoms with Gasteiger partial charge in [-0.25, -0.2) is 0 Å². The van der Waals surface area contributed by atoms with Gasteiger partial charge in [-0.05, 0) is 34.1 Å². The molecular weight excluding hydrogens is 337 g/mol. The van der Waals surface area contributed by atoms with Crippen molar-refractivity contribution < 1.29 is 9.72 Å². The third kappa shape index (κ3) is 3.12. The third-order valence-electron chi connectivity index (χ3n) is 2.30. The van der Waals surface area contributed by atoms with Gasteiger partial charge in [-0.1, -0.05) is 11.6 Å². The zero-order chi connectivity index (χ0) is 14.0. The number of nitro groups is 1. The second kappa shape index (κ2) is 5.41. The summed E-state index contributed by atoms with van der Waals surface area (Å²) in [5.41, 5.74) is 0.118. The van der Waals surface area contributed by atoms with E-state index in [4.69, 9.17) is 11.6 Å². The Kier molecular flexibility index (Phi) is 3.87. The molecule has 1 aromatic carbocycles. The molecule has 0 aliphatic rings. The quantitative estimate of drug-likeness (QED) is 0.659. The summed E-state index contributed by atoms with van der Waals surface area (Å²) in [6.07, 6.45) is 1.59. The van der Waals surface area contributed by atoms with Crippen molar-refractivity contribution in [2.45, 2.75) is 0 Å². The molecule has 8 heteroatoms. The summed E-state index contributed by atoms with van der Waals surface area (Å²) >= 11 is 8.88. The molecule has 2 aromatic rings. The number of carbonyl (C=O) groups is 1. The highest BCUT2D eigenvalue weighted by atomic mass is 79.9. The van der Waals surface area contributed by atoms with Gasteiger partial charge < -0.3 is 10.3 Å². The van der Waals surface area contributed by atoms with E-state index in [1.807, 2.05) is 0 Å². The van der Waals surface area contributed by atoms with E-state index in [2.05, 4.69) is 26.2 Å². The fourth-order valence-corrected chi connectivity index (χ4v) is 1.96. The molecule has 0 radical (unpaired) electrons. The van der Waals surface area contributed by atoms with Crippen molar-refractivity contribution >= 4 is 44.8 Å². The average molecular weight is 345 g/mol. The second-order valence-corrected chi connectivity index (χ2v) is 4.96. The Morgan fingerprint density at radius 2 is 2.16 bits per heavy atom. The Hall–Kier alpha value is -1.86. The minimum Gasteiger partial charge on any atom is -0.356 e. The summed E-state index contributed by atoms with van der Waals surface area (Å²) < 4.78 is 0.711. The molecule has 0 unspecified atom stereocenters. The molecule has 2 rings (SSSR count). The summed E-state index contributed by atoms with van der Waals surface area (Å²) in [6.45, 7) is 0. The van der Waals surface area contributed by atoms with Gasteiger partial charge in [0.2, 0.25) is 0 Å². The van der Waals surface area contributed by atoms with Crippen molar-refractivity contribution in [3.8, 4) is 0 Å². The predicted octanol–water partition coefficient (Wildman–Crippen LogP) is 3.59. The van der Waals surface area contributed by atoms with Crippen LogP contribution < -0.4 is 5.32 Å². The van der Waals surface area contributed by atoms with Gasteiger partial charge in [-0.15, -0.1) is 0 Å². The number of amides is 1. The largest absolute Gasteiger partial charge is 0.356 e. The van der Waals surface area contributed by atoms with Crippen LogP contribution in [0, 0.1) is 10.1 Å². The van der Waals surface area contributed by atoms with Crippen molar-refractivity contribution in [3.63, 3.8) is 0 Å². The number of halogens is 2. The first-order chi connectivity index (χ1) is 8.97. The molecule has 0 aliphatic carbocycles. The molecular formula is C11H7BrClN3O3. The van der Waals surface area contributed by atoms with Gasteiger partial charge >= 0.3 is 0 Å². The number of hydrogen-bond acceptors (Lipinski definition) is 3. The van der Waals surface area contributed by atoms with Crippen LogP contribution in [0.2, 0.25) is 5.02 Å². The topological polar surface area (TPSA) is 88.0 Å². The zero-order valence-electron chi connectivity index (χ0n) is 9.31. The molecule has 0 saturated heterocycles. The molecule has 98 valence electrons. The molecule has 0 fully saturated rings. The van der Waals surface area contributed by atoms with E-state index < -0.39 is 10.8 Å². The smallest absolute Gasteiger partial charge is 0.294 e. The molecule has 2 N–H and O–H groups in total. The van der Waals surface area contributed by atoms with Gasteiger partial charge in [-0.3, -0.25) is 14.9 Å². The van der Waals surface area contributed by atoms with Crippen LogP contribution in [0.3, 0.4) is 0 Å². The molecule has 0 aliphatic heterocycles. The van der Waals surface area contributed by atoms with Crippen LogP contribution in [0.1, 0.15) is 10.5 Å². The van der Waals surface area contributed by atoms with Crippen LogP contribution in [0.4, 0.5) is 11.4 Å². The fraction of sp³-hybridized carbons (Fsp3) is 0. The average Bonchev–Trinajstić information content (AvgIpc) is 2.78. The Morgan fingerprint density at radius 1 is 1.42 bits per heavy atom. The number of benzene rings is 1. The molecule has 6 nitrogen and oxygen atoms in total. The number of anilines is 1. The van der Waals surface area contributed by atoms with Gasteiger partial charge in [0.05, 0.1) is 4.92 Å². The summed E-state index contributed by atoms with van der Waals surface area (Å²) in [4.78, 5) is 24.9. The number of H-pyrrole nitrogens is 1. The van der Waals surface area contributed by atoms with Gasteiger partial charge in [0.1, 0.15) is 11.4 Å². The van der Waals surface area contributed by atoms with Crippen molar-refractivity contribution in [2.24, 2.45) is 0 Å². The summed E-state index contributed by atoms with van der Waals surface area (Å²) in [5, 5.41) is 13.6. The first-order valence-corrected chi connectivity index (χ1v) is 6.23. The van der Waals surface area contributed by atoms with E-state index >= 15 is 0 Å². The van der Waals surface area contributed by atoms with E-state index in [0.29, 0.717) is 4.47 Å². The Bertz CT molecular complexity index is 656. The Balaban J connectivity index is 2.28. The standard InChI is InChI=1S/C11H7BrClN3O3/c12-6-3-9(14-5-6)11(17)15-8-2-1-7(13)4-10(8)16(18)19/h1-5,14H,(H,15,17). The van der Waals surface area contributed by atoms with Crippen LogP contribution in [-0.2, 0) is 0 Å². The molecule has 0 spiro atoms. The number of nitro benzene ring substituents is 1. The van der Waals surface area contributed by atoms with Crippen molar-refractivity contribution in [3.05, 3.63) is 55.8 Å². The Labute approximate surface area is 121 Å². The number of carbonyl (C=O) groups excluding carboxylic acids is 1. The highest BCUT2D eigenvalue weighted by Crippen LogP contribution is 2.28. The summed E-state index contributed by atoms with van der Waals surface area (Å²) in [6, 6.07) is 5.60. The number of aromatic amines is 1. The maximum atomic E-state index is 11.9. The molecule has 1 aromatic heterocycles. The van der Waals surface area contributed by atoms with E-state index in [-0.39, 0.29) is 22.1 Å². The molecule has 1 amide bonds. The van der Waals surface area contributed by atoms with E-state index in [9.17, 15) is 14.9 Å². The molecule has 19 heavy (non-hydrogen) atoms. The second-order valence-electron chi connectivity index (χ2n) is 3.60. The van der Waals surface area contributed by atoms with E-state index in [0.717, 1.165) is 0 Å². The van der Waals surface area contributed by atoms with E-state index in [1.165, 1.54) is 18.2 Å². The van der Waals surface area contributed by atoms with Gasteiger partial charge in [0.25, 0.3) is 11.6 Å². The minimum atomic E-state index is -0.605. The van der Waals surface area contributed by atoms with Crippen LogP contribution in [0.25, 0.3) is 0 Å². The summed E-state index contributed by atoms with van der Waals surface area (Å²) in [5.74, 6) is -0.476. The molecule has 1 heterocycles. The van der Waals surface area contributed by atoms with Crippen molar-refractivity contribution in [1.29, 1.82) is 0 Å². The highest BCUT2D eigenvalue weighted by Gasteiger charge is 2.17. The van der Waals surface area contributed by atoms with E-state index in [1.54, 1.807) is 12.3 Å². The van der Waals surface area contributed by atoms with Crippen molar-refractivity contribution in [1.82, 2.24) is 4.98 Å². The normalized spacial score (nSPS) is 10.2. The number of rotatable bonds is 3. The minimum absolute atomic E-state index is 0.0881. The lowest BCUT2D eigenvalue weighted by molar-refractivity contribution is -0.383. The zero-order valence-corrected chi connectivity index (χ0v) is 11.7. The molecule has 0 saturated carbocycles. The lowest BCUT2D eigenvalue weighted by Gasteiger charge is -2.05. The summed E-state index contributed by atoms with van der Waals surface area (Å²) in [7, 11) is 0. The van der Waals surface area contributed by atoms with Crippen LogP contribution in [0.15, 0.2) is 34.9 Å². The molecule has 0 atom stereocenters. The van der Waals surface area contributed by atoms with Crippen LogP contribution >= 0.6 is 27.5 Å². The monoisotopic (exact) mass is 343 g/mol. The maximum absolute atomic E-state index is 11.9. The van der Waals surface area contributed by atoms with Gasteiger partial charge in [0, 0.05) is 21.8 Å². The number of aromatic nitrogens is 1. The first kappa shape index (κ1) is 13.6.